The van der Waals surface area contributed by atoms with Crippen LogP contribution >= 0.6 is 11.8 Å². The normalized spacial score (nSPS) is 11.1. The van der Waals surface area contributed by atoms with Crippen LogP contribution in [0.1, 0.15) is 21.5 Å². The highest BCUT2D eigenvalue weighted by Gasteiger charge is 2.08. The number of halogens is 2. The van der Waals surface area contributed by atoms with E-state index in [0.717, 1.165) is 29.1 Å². The van der Waals surface area contributed by atoms with Gasteiger partial charge in [-0.25, -0.2) is 14.2 Å². The Morgan fingerprint density at radius 1 is 1.22 bits per heavy atom. The molecule has 3 rings (SSSR count). The molecule has 0 aliphatic carbocycles. The molecule has 6 nitrogen and oxygen atoms in total. The second kappa shape index (κ2) is 8.54. The third kappa shape index (κ3) is 4.76. The minimum Gasteiger partial charge on any atom is -0.312 e. The van der Waals surface area contributed by atoms with Crippen LogP contribution in [0.4, 0.5) is 8.78 Å². The second-order valence-corrected chi connectivity index (χ2v) is 6.49. The highest BCUT2D eigenvalue weighted by molar-refractivity contribution is 7.98. The van der Waals surface area contributed by atoms with Gasteiger partial charge in [0.05, 0.1) is 11.8 Å². The topological polar surface area (TPSA) is 72.2 Å². The predicted molar refractivity (Wildman–Crippen MR) is 98.4 cm³/mol. The largest absolute Gasteiger partial charge is 0.312 e. The quantitative estimate of drug-likeness (QED) is 0.401. The van der Waals surface area contributed by atoms with Crippen LogP contribution in [0.3, 0.4) is 0 Å². The summed E-state index contributed by atoms with van der Waals surface area (Å²) in [5, 5.41) is 12.2. The second-order valence-electron chi connectivity index (χ2n) is 5.54. The van der Waals surface area contributed by atoms with Gasteiger partial charge in [0.2, 0.25) is 0 Å². The smallest absolute Gasteiger partial charge is 0.271 e. The monoisotopic (exact) mass is 387 g/mol. The van der Waals surface area contributed by atoms with Gasteiger partial charge in [0.15, 0.2) is 5.16 Å². The maximum atomic E-state index is 13.5. The zero-order valence-electron chi connectivity index (χ0n) is 14.3. The summed E-state index contributed by atoms with van der Waals surface area (Å²) in [5.74, 6) is -1.30. The molecule has 3 aromatic rings. The first-order chi connectivity index (χ1) is 13.0. The number of benzene rings is 2. The molecule has 9 heteroatoms. The van der Waals surface area contributed by atoms with E-state index in [1.807, 2.05) is 23.7 Å². The lowest BCUT2D eigenvalue weighted by Gasteiger charge is -2.04. The fourth-order valence-corrected chi connectivity index (χ4v) is 3.00. The van der Waals surface area contributed by atoms with Crippen LogP contribution < -0.4 is 5.43 Å². The van der Waals surface area contributed by atoms with Crippen molar-refractivity contribution in [2.24, 2.45) is 12.1 Å². The van der Waals surface area contributed by atoms with E-state index in [0.29, 0.717) is 11.3 Å². The van der Waals surface area contributed by atoms with Crippen LogP contribution in [0.2, 0.25) is 0 Å². The summed E-state index contributed by atoms with van der Waals surface area (Å²) in [7, 11) is 1.86. The number of thioether (sulfide) groups is 1. The van der Waals surface area contributed by atoms with Crippen LogP contribution in [0, 0.1) is 11.6 Å². The molecule has 2 aromatic carbocycles. The van der Waals surface area contributed by atoms with Gasteiger partial charge in [0.1, 0.15) is 18.0 Å². The molecule has 0 fully saturated rings. The number of aryl methyl sites for hydroxylation is 1. The summed E-state index contributed by atoms with van der Waals surface area (Å²) in [6, 6.07) is 10.4. The van der Waals surface area contributed by atoms with E-state index < -0.39 is 17.5 Å². The number of hydrogen-bond donors (Lipinski definition) is 1. The van der Waals surface area contributed by atoms with Gasteiger partial charge in [0.25, 0.3) is 5.91 Å². The van der Waals surface area contributed by atoms with Crippen molar-refractivity contribution >= 4 is 23.9 Å². The molecular weight excluding hydrogens is 372 g/mol. The number of rotatable bonds is 6. The molecule has 0 aliphatic rings. The Morgan fingerprint density at radius 3 is 2.56 bits per heavy atom. The molecule has 1 aromatic heterocycles. The number of nitrogens with one attached hydrogen (secondary N) is 1. The molecule has 0 bridgehead atoms. The molecule has 0 unspecified atom stereocenters. The minimum atomic E-state index is -0.752. The van der Waals surface area contributed by atoms with E-state index in [1.165, 1.54) is 17.8 Å². The summed E-state index contributed by atoms with van der Waals surface area (Å²) in [6.07, 6.45) is 2.57. The number of hydrazone groups is 1. The SMILES string of the molecule is Cn1cnnc1SCc1ccc(C(=O)N/N=C\c2c(F)cccc2F)cc1. The van der Waals surface area contributed by atoms with E-state index in [1.54, 1.807) is 18.5 Å². The summed E-state index contributed by atoms with van der Waals surface area (Å²) in [5.41, 5.74) is 3.34. The van der Waals surface area contributed by atoms with Crippen molar-refractivity contribution in [1.82, 2.24) is 20.2 Å². The zero-order chi connectivity index (χ0) is 19.2. The van der Waals surface area contributed by atoms with Gasteiger partial charge in [-0.15, -0.1) is 10.2 Å². The van der Waals surface area contributed by atoms with Crippen LogP contribution in [-0.2, 0) is 12.8 Å². The Kier molecular flexibility index (Phi) is 5.92. The molecule has 0 atom stereocenters. The van der Waals surface area contributed by atoms with Crippen LogP contribution in [-0.4, -0.2) is 26.9 Å². The molecule has 0 aliphatic heterocycles. The highest BCUT2D eigenvalue weighted by atomic mass is 32.2. The first-order valence-corrected chi connectivity index (χ1v) is 8.86. The number of aromatic nitrogens is 3. The average Bonchev–Trinajstić information content (AvgIpc) is 3.07. The van der Waals surface area contributed by atoms with Gasteiger partial charge in [-0.2, -0.15) is 5.10 Å². The number of nitrogens with zero attached hydrogens (tertiary/aromatic N) is 4. The van der Waals surface area contributed by atoms with Crippen molar-refractivity contribution in [1.29, 1.82) is 0 Å². The lowest BCUT2D eigenvalue weighted by Crippen LogP contribution is -2.17. The zero-order valence-corrected chi connectivity index (χ0v) is 15.1. The fourth-order valence-electron chi connectivity index (χ4n) is 2.16. The molecule has 0 saturated heterocycles. The first-order valence-electron chi connectivity index (χ1n) is 7.88. The number of carbonyl (C=O) groups excluding carboxylic acids is 1. The van der Waals surface area contributed by atoms with Crippen LogP contribution in [0.15, 0.2) is 59.0 Å². The van der Waals surface area contributed by atoms with Crippen LogP contribution in [0.25, 0.3) is 0 Å². The molecule has 138 valence electrons. The van der Waals surface area contributed by atoms with Crippen molar-refractivity contribution < 1.29 is 13.6 Å². The summed E-state index contributed by atoms with van der Waals surface area (Å²) >= 11 is 1.53. The Balaban J connectivity index is 1.57. The van der Waals surface area contributed by atoms with E-state index in [9.17, 15) is 13.6 Å². The van der Waals surface area contributed by atoms with E-state index in [4.69, 9.17) is 0 Å². The van der Waals surface area contributed by atoms with Gasteiger partial charge in [0, 0.05) is 18.4 Å². The van der Waals surface area contributed by atoms with E-state index in [2.05, 4.69) is 20.7 Å². The van der Waals surface area contributed by atoms with Crippen molar-refractivity contribution in [3.8, 4) is 0 Å². The van der Waals surface area contributed by atoms with Crippen molar-refractivity contribution in [3.05, 3.63) is 77.1 Å². The molecule has 0 spiro atoms. The van der Waals surface area contributed by atoms with Crippen molar-refractivity contribution in [3.63, 3.8) is 0 Å². The third-order valence-electron chi connectivity index (χ3n) is 3.61. The maximum absolute atomic E-state index is 13.5. The van der Waals surface area contributed by atoms with Crippen molar-refractivity contribution in [2.45, 2.75) is 10.9 Å². The lowest BCUT2D eigenvalue weighted by molar-refractivity contribution is 0.0955. The summed E-state index contributed by atoms with van der Waals surface area (Å²) in [6.45, 7) is 0. The number of carbonyl (C=O) groups is 1. The molecule has 1 N–H and O–H groups in total. The fraction of sp³-hybridized carbons (Fsp3) is 0.111. The van der Waals surface area contributed by atoms with Gasteiger partial charge in [-0.05, 0) is 29.8 Å². The summed E-state index contributed by atoms with van der Waals surface area (Å²) < 4.78 is 28.8. The molecule has 0 saturated carbocycles. The van der Waals surface area contributed by atoms with Crippen molar-refractivity contribution in [2.75, 3.05) is 0 Å². The van der Waals surface area contributed by atoms with Gasteiger partial charge in [-0.3, -0.25) is 4.79 Å². The molecule has 27 heavy (non-hydrogen) atoms. The molecule has 1 heterocycles. The highest BCUT2D eigenvalue weighted by Crippen LogP contribution is 2.20. The Labute approximate surface area is 158 Å². The molecule has 0 radical (unpaired) electrons. The Bertz CT molecular complexity index is 952. The molecule has 1 amide bonds. The van der Waals surface area contributed by atoms with Gasteiger partial charge >= 0.3 is 0 Å². The van der Waals surface area contributed by atoms with E-state index >= 15 is 0 Å². The van der Waals surface area contributed by atoms with Gasteiger partial charge < -0.3 is 4.57 Å². The Morgan fingerprint density at radius 2 is 1.93 bits per heavy atom. The molecular formula is C18H15F2N5OS. The van der Waals surface area contributed by atoms with Gasteiger partial charge in [-0.1, -0.05) is 30.0 Å². The van der Waals surface area contributed by atoms with E-state index in [-0.39, 0.29) is 5.56 Å². The predicted octanol–water partition coefficient (Wildman–Crippen LogP) is 3.15. The Hall–Kier alpha value is -3.07. The standard InChI is InChI=1S/C18H15F2N5OS/c1-25-11-22-24-18(25)27-10-12-5-7-13(8-6-12)17(26)23-21-9-14-15(19)3-2-4-16(14)20/h2-9,11H,10H2,1H3,(H,23,26)/b21-9-. The average molecular weight is 387 g/mol. The maximum Gasteiger partial charge on any atom is 0.271 e. The minimum absolute atomic E-state index is 0.311. The number of hydrogen-bond acceptors (Lipinski definition) is 5. The lowest BCUT2D eigenvalue weighted by atomic mass is 10.1. The third-order valence-corrected chi connectivity index (χ3v) is 4.72. The first kappa shape index (κ1) is 18.7. The summed E-state index contributed by atoms with van der Waals surface area (Å²) in [4.78, 5) is 12.1. The van der Waals surface area contributed by atoms with Crippen LogP contribution in [0.5, 0.6) is 0 Å². The number of amides is 1.